The van der Waals surface area contributed by atoms with E-state index in [1.165, 1.54) is 5.56 Å². The van der Waals surface area contributed by atoms with Crippen molar-refractivity contribution >= 4 is 44.8 Å². The van der Waals surface area contributed by atoms with E-state index in [0.29, 0.717) is 11.4 Å². The first-order valence-corrected chi connectivity index (χ1v) is 19.6. The number of nitrogens with zero attached hydrogens (tertiary/aromatic N) is 5. The number of hydrogen-bond donors (Lipinski definition) is 3. The van der Waals surface area contributed by atoms with Crippen molar-refractivity contribution in [3.05, 3.63) is 83.3 Å². The maximum atomic E-state index is 13.4. The third-order valence-corrected chi connectivity index (χ3v) is 11.5. The Bertz CT molecular complexity index is 1950. The van der Waals surface area contributed by atoms with Gasteiger partial charge in [0.05, 0.1) is 23.5 Å². The number of aromatic nitrogens is 3. The normalized spacial score (nSPS) is 19.4. The zero-order valence-electron chi connectivity index (χ0n) is 29.4. The van der Waals surface area contributed by atoms with Gasteiger partial charge >= 0.3 is 6.03 Å². The quantitative estimate of drug-likeness (QED) is 0.193. The highest BCUT2D eigenvalue weighted by atomic mass is 32.2. The molecular weight excluding hydrogens is 657 g/mol. The van der Waals surface area contributed by atoms with Crippen molar-refractivity contribution in [1.29, 1.82) is 0 Å². The van der Waals surface area contributed by atoms with Crippen LogP contribution in [0, 0.1) is 0 Å². The van der Waals surface area contributed by atoms with Crippen LogP contribution in [-0.4, -0.2) is 78.3 Å². The lowest BCUT2D eigenvalue weighted by Crippen LogP contribution is -2.52. The number of benzene rings is 2. The standard InChI is InChI=1S/C36H48N8O3S2/c1-35(2,3)24-20-25(22-26(21-24)41-49(7,46)47)37-34(45)38-30-13-14-31(29-11-9-8-10-28(29)30)48-27-12-15-32-39-40-33(44(32)23-27)36(4,5)43-18-16-42(6)17-19-43/h8-12,15,20-23,30-31,41H,13-14,16-19H2,1-7H3,(H2,37,38,45)/t30-,31+/m0/s1. The first kappa shape index (κ1) is 35.2. The number of carbonyl (C=O) groups excluding carboxylic acids is 1. The molecule has 13 heteroatoms. The average molecular weight is 705 g/mol. The summed E-state index contributed by atoms with van der Waals surface area (Å²) >= 11 is 1.83. The Morgan fingerprint density at radius 1 is 0.898 bits per heavy atom. The van der Waals surface area contributed by atoms with Crippen LogP contribution in [0.25, 0.3) is 5.65 Å². The van der Waals surface area contributed by atoms with E-state index in [2.05, 4.69) is 91.1 Å². The van der Waals surface area contributed by atoms with Gasteiger partial charge in [-0.05, 0) is 86.2 Å². The molecule has 0 saturated carbocycles. The fourth-order valence-corrected chi connectivity index (χ4v) is 8.57. The Morgan fingerprint density at radius 3 is 2.29 bits per heavy atom. The number of hydrogen-bond acceptors (Lipinski definition) is 8. The average Bonchev–Trinajstić information content (AvgIpc) is 3.45. The van der Waals surface area contributed by atoms with Gasteiger partial charge in [0.1, 0.15) is 0 Å². The van der Waals surface area contributed by atoms with Crippen molar-refractivity contribution in [3.63, 3.8) is 0 Å². The summed E-state index contributed by atoms with van der Waals surface area (Å²) < 4.78 is 28.6. The number of likely N-dealkylation sites (N-methyl/N-ethyl adjacent to an activating group) is 1. The first-order valence-electron chi connectivity index (χ1n) is 16.8. The van der Waals surface area contributed by atoms with Crippen LogP contribution in [0.3, 0.4) is 0 Å². The fourth-order valence-electron chi connectivity index (χ4n) is 6.78. The number of carbonyl (C=O) groups is 1. The van der Waals surface area contributed by atoms with E-state index in [4.69, 9.17) is 0 Å². The molecule has 2 amide bonds. The molecule has 2 aliphatic rings. The molecule has 0 bridgehead atoms. The largest absolute Gasteiger partial charge is 0.331 e. The molecule has 3 heterocycles. The lowest BCUT2D eigenvalue weighted by molar-refractivity contribution is 0.0544. The number of nitrogens with one attached hydrogen (secondary N) is 3. The van der Waals surface area contributed by atoms with Crippen molar-refractivity contribution in [2.24, 2.45) is 0 Å². The second-order valence-corrected chi connectivity index (χ2v) is 17.9. The highest BCUT2D eigenvalue weighted by molar-refractivity contribution is 7.99. The van der Waals surface area contributed by atoms with Gasteiger partial charge in [-0.25, -0.2) is 13.2 Å². The molecule has 1 saturated heterocycles. The van der Waals surface area contributed by atoms with Gasteiger partial charge < -0.3 is 15.5 Å². The maximum Gasteiger partial charge on any atom is 0.319 e. The second kappa shape index (κ2) is 13.6. The van der Waals surface area contributed by atoms with Crippen molar-refractivity contribution in [2.45, 2.75) is 74.6 Å². The smallest absolute Gasteiger partial charge is 0.319 e. The SMILES string of the molecule is CN1CCN(C(C)(C)c2nnc3ccc(S[C@@H]4CC[C@H](NC(=O)Nc5cc(NS(C)(=O)=O)cc(C(C)(C)C)c5)c5ccccc54)cn23)CC1. The van der Waals surface area contributed by atoms with Gasteiger partial charge in [-0.3, -0.25) is 14.0 Å². The molecule has 2 aromatic carbocycles. The molecule has 0 radical (unpaired) electrons. The molecule has 1 aliphatic heterocycles. The minimum Gasteiger partial charge on any atom is -0.331 e. The van der Waals surface area contributed by atoms with E-state index in [0.717, 1.165) is 72.8 Å². The Morgan fingerprint density at radius 2 is 1.59 bits per heavy atom. The lowest BCUT2D eigenvalue weighted by Gasteiger charge is -2.42. The van der Waals surface area contributed by atoms with Gasteiger partial charge in [-0.2, -0.15) is 0 Å². The molecule has 4 aromatic rings. The summed E-state index contributed by atoms with van der Waals surface area (Å²) in [6.45, 7) is 14.7. The topological polar surface area (TPSA) is 124 Å². The van der Waals surface area contributed by atoms with E-state index in [-0.39, 0.29) is 28.3 Å². The van der Waals surface area contributed by atoms with E-state index < -0.39 is 10.0 Å². The predicted molar refractivity (Wildman–Crippen MR) is 198 cm³/mol. The van der Waals surface area contributed by atoms with E-state index in [9.17, 15) is 13.2 Å². The number of rotatable bonds is 8. The maximum absolute atomic E-state index is 13.4. The number of thioether (sulfide) groups is 1. The summed E-state index contributed by atoms with van der Waals surface area (Å²) in [5.74, 6) is 0.945. The number of amides is 2. The zero-order valence-corrected chi connectivity index (χ0v) is 31.1. The van der Waals surface area contributed by atoms with Crippen LogP contribution < -0.4 is 15.4 Å². The number of urea groups is 1. The number of pyridine rings is 1. The number of anilines is 2. The molecule has 2 aromatic heterocycles. The lowest BCUT2D eigenvalue weighted by atomic mass is 9.86. The minimum atomic E-state index is -3.48. The van der Waals surface area contributed by atoms with Crippen LogP contribution in [0.1, 0.15) is 81.3 Å². The number of piperazine rings is 1. The van der Waals surface area contributed by atoms with Crippen LogP contribution in [0.15, 0.2) is 65.7 Å². The molecule has 262 valence electrons. The van der Waals surface area contributed by atoms with Crippen molar-refractivity contribution in [2.75, 3.05) is 49.5 Å². The summed E-state index contributed by atoms with van der Waals surface area (Å²) in [4.78, 5) is 19.4. The Hall–Kier alpha value is -3.65. The summed E-state index contributed by atoms with van der Waals surface area (Å²) in [5.41, 5.74) is 4.47. The van der Waals surface area contributed by atoms with Gasteiger partial charge in [0, 0.05) is 48.2 Å². The molecule has 0 spiro atoms. The Balaban J connectivity index is 1.18. The number of fused-ring (bicyclic) bond motifs is 2. The molecule has 0 unspecified atom stereocenters. The molecule has 11 nitrogen and oxygen atoms in total. The highest BCUT2D eigenvalue weighted by Gasteiger charge is 2.35. The summed E-state index contributed by atoms with van der Waals surface area (Å²) in [6.07, 6.45) is 4.95. The second-order valence-electron chi connectivity index (χ2n) is 14.9. The minimum absolute atomic E-state index is 0.163. The van der Waals surface area contributed by atoms with Crippen molar-refractivity contribution in [1.82, 2.24) is 29.7 Å². The highest BCUT2D eigenvalue weighted by Crippen LogP contribution is 2.46. The molecule has 1 aliphatic carbocycles. The van der Waals surface area contributed by atoms with Crippen LogP contribution in [0.4, 0.5) is 16.2 Å². The molecule has 1 fully saturated rings. The summed E-state index contributed by atoms with van der Waals surface area (Å²) in [6, 6.07) is 17.3. The van der Waals surface area contributed by atoms with Crippen LogP contribution >= 0.6 is 11.8 Å². The monoisotopic (exact) mass is 704 g/mol. The van der Waals surface area contributed by atoms with Gasteiger partial charge in [0.2, 0.25) is 10.0 Å². The summed E-state index contributed by atoms with van der Waals surface area (Å²) in [7, 11) is -1.31. The third-order valence-electron chi connectivity index (χ3n) is 9.60. The van der Waals surface area contributed by atoms with E-state index in [1.807, 2.05) is 50.7 Å². The van der Waals surface area contributed by atoms with Crippen molar-refractivity contribution in [3.8, 4) is 0 Å². The predicted octanol–water partition coefficient (Wildman–Crippen LogP) is 6.37. The van der Waals surface area contributed by atoms with E-state index in [1.54, 1.807) is 12.1 Å². The van der Waals surface area contributed by atoms with Crippen molar-refractivity contribution < 1.29 is 13.2 Å². The summed E-state index contributed by atoms with van der Waals surface area (Å²) in [5, 5.41) is 15.5. The Kier molecular flexibility index (Phi) is 9.75. The fraction of sp³-hybridized carbons (Fsp3) is 0.472. The van der Waals surface area contributed by atoms with Crippen LogP contribution in [0.5, 0.6) is 0 Å². The first-order chi connectivity index (χ1) is 23.1. The number of sulfonamides is 1. The third kappa shape index (κ3) is 8.06. The molecule has 6 rings (SSSR count). The van der Waals surface area contributed by atoms with E-state index >= 15 is 0 Å². The Labute approximate surface area is 294 Å². The van der Waals surface area contributed by atoms with Gasteiger partial charge in [0.15, 0.2) is 11.5 Å². The van der Waals surface area contributed by atoms with Gasteiger partial charge in [-0.15, -0.1) is 22.0 Å². The van der Waals surface area contributed by atoms with Crippen LogP contribution in [-0.2, 0) is 21.0 Å². The molecule has 3 N–H and O–H groups in total. The van der Waals surface area contributed by atoms with Crippen LogP contribution in [0.2, 0.25) is 0 Å². The molecular formula is C36H48N8O3S2. The zero-order chi connectivity index (χ0) is 35.1. The molecule has 2 atom stereocenters. The van der Waals surface area contributed by atoms with Gasteiger partial charge in [-0.1, -0.05) is 45.0 Å². The molecule has 49 heavy (non-hydrogen) atoms. The van der Waals surface area contributed by atoms with Gasteiger partial charge in [0.25, 0.3) is 0 Å².